The number of nitrogens with two attached hydrogens (primary N) is 1. The van der Waals surface area contributed by atoms with E-state index < -0.39 is 0 Å². The van der Waals surface area contributed by atoms with E-state index in [4.69, 9.17) is 21.8 Å². The Balaban J connectivity index is 1.95. The Bertz CT molecular complexity index is 545. The van der Waals surface area contributed by atoms with Gasteiger partial charge < -0.3 is 10.2 Å². The smallest absolute Gasteiger partial charge is 0.193 e. The number of hydrogen-bond acceptors (Lipinski definition) is 2. The molecular weight excluding hydrogens is 246 g/mol. The van der Waals surface area contributed by atoms with Crippen LogP contribution in [0.1, 0.15) is 48.1 Å². The Morgan fingerprint density at radius 1 is 1.17 bits per heavy atom. The topological polar surface area (TPSA) is 39.2 Å². The van der Waals surface area contributed by atoms with E-state index in [-0.39, 0.29) is 6.04 Å². The first-order valence-electron chi connectivity index (χ1n) is 6.35. The first kappa shape index (κ1) is 11.8. The van der Waals surface area contributed by atoms with Crippen LogP contribution in [0.25, 0.3) is 0 Å². The molecule has 1 aromatic heterocycles. The molecule has 0 amide bonds. The fraction of sp³-hybridized carbons (Fsp3) is 0.333. The zero-order chi connectivity index (χ0) is 12.5. The molecule has 1 unspecified atom stereocenters. The Morgan fingerprint density at radius 2 is 1.94 bits per heavy atom. The van der Waals surface area contributed by atoms with Crippen LogP contribution in [0.15, 0.2) is 40.8 Å². The van der Waals surface area contributed by atoms with Crippen LogP contribution < -0.4 is 5.73 Å². The van der Waals surface area contributed by atoms with Crippen molar-refractivity contribution in [1.82, 2.24) is 0 Å². The molecule has 0 saturated heterocycles. The molecule has 1 aliphatic rings. The van der Waals surface area contributed by atoms with Crippen LogP contribution >= 0.6 is 11.6 Å². The lowest BCUT2D eigenvalue weighted by Crippen LogP contribution is -2.17. The molecule has 18 heavy (non-hydrogen) atoms. The minimum atomic E-state index is -0.228. The average Bonchev–Trinajstić information content (AvgIpc) is 2.74. The lowest BCUT2D eigenvalue weighted by Gasteiger charge is -2.29. The summed E-state index contributed by atoms with van der Waals surface area (Å²) < 4.78 is 5.43. The highest BCUT2D eigenvalue weighted by molar-refractivity contribution is 6.28. The molecule has 0 bridgehead atoms. The van der Waals surface area contributed by atoms with Gasteiger partial charge in [0.1, 0.15) is 5.76 Å². The van der Waals surface area contributed by atoms with Crippen molar-refractivity contribution in [1.29, 1.82) is 0 Å². The summed E-state index contributed by atoms with van der Waals surface area (Å²) in [4.78, 5) is 0. The second-order valence-electron chi connectivity index (χ2n) is 4.88. The molecule has 0 radical (unpaired) electrons. The quantitative estimate of drug-likeness (QED) is 0.897. The van der Waals surface area contributed by atoms with E-state index in [1.807, 2.05) is 12.1 Å². The van der Waals surface area contributed by atoms with Gasteiger partial charge in [-0.3, -0.25) is 0 Å². The zero-order valence-corrected chi connectivity index (χ0v) is 10.9. The van der Waals surface area contributed by atoms with Crippen LogP contribution in [-0.2, 0) is 0 Å². The molecule has 0 aliphatic heterocycles. The van der Waals surface area contributed by atoms with Crippen LogP contribution in [0, 0.1) is 0 Å². The average molecular weight is 262 g/mol. The van der Waals surface area contributed by atoms with Crippen LogP contribution in [-0.4, -0.2) is 0 Å². The molecule has 94 valence electrons. The standard InChI is InChI=1S/C15H16ClNO/c16-14-9-8-13(18-14)15(17)12-7-2-1-6-11(12)10-4-3-5-10/h1-2,6-10,15H,3-5,17H2. The summed E-state index contributed by atoms with van der Waals surface area (Å²) in [6, 6.07) is 11.8. The fourth-order valence-corrected chi connectivity index (χ4v) is 2.69. The lowest BCUT2D eigenvalue weighted by molar-refractivity contribution is 0.413. The minimum absolute atomic E-state index is 0.228. The molecule has 2 nitrogen and oxygen atoms in total. The van der Waals surface area contributed by atoms with Gasteiger partial charge in [0.05, 0.1) is 6.04 Å². The molecule has 1 aromatic carbocycles. The Hall–Kier alpha value is -1.25. The van der Waals surface area contributed by atoms with E-state index in [9.17, 15) is 0 Å². The lowest BCUT2D eigenvalue weighted by atomic mass is 9.77. The second kappa shape index (κ2) is 4.79. The number of rotatable bonds is 3. The fourth-order valence-electron chi connectivity index (χ4n) is 2.53. The number of benzene rings is 1. The summed E-state index contributed by atoms with van der Waals surface area (Å²) in [5.74, 6) is 1.39. The number of hydrogen-bond donors (Lipinski definition) is 1. The normalized spacial score (nSPS) is 17.4. The van der Waals surface area contributed by atoms with E-state index in [1.165, 1.54) is 24.8 Å². The van der Waals surface area contributed by atoms with Gasteiger partial charge in [0.2, 0.25) is 0 Å². The van der Waals surface area contributed by atoms with Crippen molar-refractivity contribution in [3.8, 4) is 0 Å². The third-order valence-electron chi connectivity index (χ3n) is 3.78. The highest BCUT2D eigenvalue weighted by atomic mass is 35.5. The van der Waals surface area contributed by atoms with Gasteiger partial charge >= 0.3 is 0 Å². The highest BCUT2D eigenvalue weighted by Gasteiger charge is 2.25. The predicted molar refractivity (Wildman–Crippen MR) is 72.8 cm³/mol. The first-order valence-corrected chi connectivity index (χ1v) is 6.73. The summed E-state index contributed by atoms with van der Waals surface area (Å²) in [7, 11) is 0. The van der Waals surface area contributed by atoms with E-state index in [1.54, 1.807) is 6.07 Å². The molecule has 3 rings (SSSR count). The predicted octanol–water partition coefficient (Wildman–Crippen LogP) is 4.25. The molecule has 2 aromatic rings. The third-order valence-corrected chi connectivity index (χ3v) is 3.98. The maximum absolute atomic E-state index is 6.29. The van der Waals surface area contributed by atoms with Gasteiger partial charge in [0.25, 0.3) is 0 Å². The van der Waals surface area contributed by atoms with Crippen LogP contribution in [0.2, 0.25) is 5.22 Å². The summed E-state index contributed by atoms with van der Waals surface area (Å²) in [6.45, 7) is 0. The van der Waals surface area contributed by atoms with Gasteiger partial charge in [-0.15, -0.1) is 0 Å². The number of furan rings is 1. The van der Waals surface area contributed by atoms with Crippen molar-refractivity contribution in [2.75, 3.05) is 0 Å². The van der Waals surface area contributed by atoms with Gasteiger partial charge in [-0.1, -0.05) is 30.7 Å². The molecular formula is C15H16ClNO. The van der Waals surface area contributed by atoms with Gasteiger partial charge in [0.15, 0.2) is 5.22 Å². The maximum atomic E-state index is 6.29. The second-order valence-corrected chi connectivity index (χ2v) is 5.25. The third kappa shape index (κ3) is 2.06. The van der Waals surface area contributed by atoms with Gasteiger partial charge in [-0.25, -0.2) is 0 Å². The monoisotopic (exact) mass is 261 g/mol. The van der Waals surface area contributed by atoms with Crippen LogP contribution in [0.4, 0.5) is 0 Å². The first-order chi connectivity index (χ1) is 8.75. The summed E-state index contributed by atoms with van der Waals surface area (Å²) in [5.41, 5.74) is 8.82. The van der Waals surface area contributed by atoms with Crippen molar-refractivity contribution in [2.24, 2.45) is 5.73 Å². The van der Waals surface area contributed by atoms with Gasteiger partial charge in [-0.2, -0.15) is 0 Å². The molecule has 3 heteroatoms. The van der Waals surface area contributed by atoms with E-state index >= 15 is 0 Å². The Labute approximate surface area is 112 Å². The molecule has 1 heterocycles. The van der Waals surface area contributed by atoms with Gasteiger partial charge in [-0.05, 0) is 53.6 Å². The molecule has 0 spiro atoms. The Morgan fingerprint density at radius 3 is 2.56 bits per heavy atom. The largest absolute Gasteiger partial charge is 0.448 e. The number of halogens is 1. The molecule has 1 fully saturated rings. The van der Waals surface area contributed by atoms with Gasteiger partial charge in [0, 0.05) is 0 Å². The van der Waals surface area contributed by atoms with Crippen molar-refractivity contribution in [3.63, 3.8) is 0 Å². The van der Waals surface area contributed by atoms with E-state index in [2.05, 4.69) is 18.2 Å². The van der Waals surface area contributed by atoms with Crippen molar-refractivity contribution in [3.05, 3.63) is 58.5 Å². The molecule has 2 N–H and O–H groups in total. The summed E-state index contributed by atoms with van der Waals surface area (Å²) in [5, 5.41) is 0.390. The minimum Gasteiger partial charge on any atom is -0.448 e. The Kier molecular flexibility index (Phi) is 3.14. The summed E-state index contributed by atoms with van der Waals surface area (Å²) in [6.07, 6.45) is 3.85. The van der Waals surface area contributed by atoms with Crippen LogP contribution in [0.5, 0.6) is 0 Å². The van der Waals surface area contributed by atoms with Crippen molar-refractivity contribution in [2.45, 2.75) is 31.2 Å². The zero-order valence-electron chi connectivity index (χ0n) is 10.1. The maximum Gasteiger partial charge on any atom is 0.193 e. The molecule has 1 saturated carbocycles. The molecule has 1 aliphatic carbocycles. The molecule has 1 atom stereocenters. The van der Waals surface area contributed by atoms with E-state index in [0.717, 1.165) is 11.3 Å². The van der Waals surface area contributed by atoms with E-state index in [0.29, 0.717) is 11.1 Å². The van der Waals surface area contributed by atoms with Crippen molar-refractivity contribution < 1.29 is 4.42 Å². The summed E-state index contributed by atoms with van der Waals surface area (Å²) >= 11 is 5.81. The SMILES string of the molecule is NC(c1ccc(Cl)o1)c1ccccc1C1CCC1. The van der Waals surface area contributed by atoms with Crippen LogP contribution in [0.3, 0.4) is 0 Å². The van der Waals surface area contributed by atoms with Crippen molar-refractivity contribution >= 4 is 11.6 Å². The highest BCUT2D eigenvalue weighted by Crippen LogP contribution is 2.40.